The molecule has 5 heteroatoms. The lowest BCUT2D eigenvalue weighted by Gasteiger charge is -2.11. The van der Waals surface area contributed by atoms with Gasteiger partial charge in [0.15, 0.2) is 5.13 Å². The fourth-order valence-electron chi connectivity index (χ4n) is 2.11. The Bertz CT molecular complexity index is 608. The number of hydrogen-bond donors (Lipinski definition) is 0. The molecule has 96 valence electrons. The summed E-state index contributed by atoms with van der Waals surface area (Å²) in [5.74, 6) is 0.357. The number of aromatic nitrogens is 2. The summed E-state index contributed by atoms with van der Waals surface area (Å²) < 4.78 is 0. The summed E-state index contributed by atoms with van der Waals surface area (Å²) in [5.41, 5.74) is 1.83. The first kappa shape index (κ1) is 12.0. The standard InChI is InChI=1S/C14H13N3OS/c1-2-10-6-13(18)17(8-10)14-16-12(9-19-14)11-4-3-5-15-7-11/h2-5,7,9-10H,1,6,8H2. The highest BCUT2D eigenvalue weighted by molar-refractivity contribution is 7.14. The Morgan fingerprint density at radius 3 is 3.11 bits per heavy atom. The van der Waals surface area contributed by atoms with Gasteiger partial charge < -0.3 is 0 Å². The van der Waals surface area contributed by atoms with Gasteiger partial charge in [-0.15, -0.1) is 17.9 Å². The van der Waals surface area contributed by atoms with E-state index >= 15 is 0 Å². The second kappa shape index (κ2) is 4.93. The van der Waals surface area contributed by atoms with Crippen molar-refractivity contribution in [1.82, 2.24) is 9.97 Å². The molecule has 1 saturated heterocycles. The molecule has 0 radical (unpaired) electrons. The first-order chi connectivity index (χ1) is 9.28. The molecule has 1 aliphatic rings. The minimum atomic E-state index is 0.122. The predicted molar refractivity (Wildman–Crippen MR) is 76.0 cm³/mol. The number of anilines is 1. The van der Waals surface area contributed by atoms with Gasteiger partial charge in [0.2, 0.25) is 5.91 Å². The fourth-order valence-corrected chi connectivity index (χ4v) is 2.97. The minimum absolute atomic E-state index is 0.122. The van der Waals surface area contributed by atoms with Crippen molar-refractivity contribution in [3.05, 3.63) is 42.6 Å². The molecule has 0 spiro atoms. The van der Waals surface area contributed by atoms with Crippen molar-refractivity contribution in [2.75, 3.05) is 11.4 Å². The van der Waals surface area contributed by atoms with Crippen molar-refractivity contribution in [1.29, 1.82) is 0 Å². The number of carbonyl (C=O) groups is 1. The zero-order valence-electron chi connectivity index (χ0n) is 10.3. The minimum Gasteiger partial charge on any atom is -0.287 e. The molecule has 1 fully saturated rings. The van der Waals surface area contributed by atoms with Crippen LogP contribution in [0.15, 0.2) is 42.6 Å². The van der Waals surface area contributed by atoms with Crippen LogP contribution in [0.25, 0.3) is 11.3 Å². The van der Waals surface area contributed by atoms with Gasteiger partial charge in [-0.3, -0.25) is 14.7 Å². The van der Waals surface area contributed by atoms with E-state index in [0.29, 0.717) is 13.0 Å². The van der Waals surface area contributed by atoms with Crippen molar-refractivity contribution < 1.29 is 4.79 Å². The zero-order chi connectivity index (χ0) is 13.2. The van der Waals surface area contributed by atoms with Crippen molar-refractivity contribution in [3.8, 4) is 11.3 Å². The smallest absolute Gasteiger partial charge is 0.229 e. The average Bonchev–Trinajstić information content (AvgIpc) is 3.06. The maximum Gasteiger partial charge on any atom is 0.229 e. The number of rotatable bonds is 3. The summed E-state index contributed by atoms with van der Waals surface area (Å²) in [6, 6.07) is 3.84. The van der Waals surface area contributed by atoms with E-state index < -0.39 is 0 Å². The van der Waals surface area contributed by atoms with Gasteiger partial charge in [-0.05, 0) is 12.1 Å². The maximum atomic E-state index is 11.9. The van der Waals surface area contributed by atoms with Crippen molar-refractivity contribution >= 4 is 22.4 Å². The Balaban J connectivity index is 1.86. The summed E-state index contributed by atoms with van der Waals surface area (Å²) in [7, 11) is 0. The summed E-state index contributed by atoms with van der Waals surface area (Å²) in [6.07, 6.45) is 5.88. The van der Waals surface area contributed by atoms with Gasteiger partial charge in [-0.25, -0.2) is 4.98 Å². The van der Waals surface area contributed by atoms with Gasteiger partial charge in [0.1, 0.15) is 0 Å². The maximum absolute atomic E-state index is 11.9. The van der Waals surface area contributed by atoms with Gasteiger partial charge in [0, 0.05) is 42.2 Å². The molecule has 4 nitrogen and oxygen atoms in total. The Hall–Kier alpha value is -2.01. The van der Waals surface area contributed by atoms with Gasteiger partial charge in [0.05, 0.1) is 5.69 Å². The monoisotopic (exact) mass is 271 g/mol. The van der Waals surface area contributed by atoms with E-state index in [1.807, 2.05) is 23.6 Å². The molecule has 0 aromatic carbocycles. The molecule has 0 aliphatic carbocycles. The van der Waals surface area contributed by atoms with Crippen LogP contribution in [-0.4, -0.2) is 22.4 Å². The molecule has 3 rings (SSSR count). The number of pyridine rings is 1. The number of thiazole rings is 1. The zero-order valence-corrected chi connectivity index (χ0v) is 11.1. The molecular formula is C14H13N3OS. The van der Waals surface area contributed by atoms with Crippen molar-refractivity contribution in [3.63, 3.8) is 0 Å². The van der Waals surface area contributed by atoms with Gasteiger partial charge in [-0.1, -0.05) is 6.08 Å². The van der Waals surface area contributed by atoms with Crippen molar-refractivity contribution in [2.45, 2.75) is 6.42 Å². The van der Waals surface area contributed by atoms with E-state index in [4.69, 9.17) is 0 Å². The average molecular weight is 271 g/mol. The highest BCUT2D eigenvalue weighted by Crippen LogP contribution is 2.31. The first-order valence-electron chi connectivity index (χ1n) is 6.07. The molecule has 19 heavy (non-hydrogen) atoms. The lowest BCUT2D eigenvalue weighted by molar-refractivity contribution is -0.117. The van der Waals surface area contributed by atoms with E-state index in [1.165, 1.54) is 11.3 Å². The van der Waals surface area contributed by atoms with Crippen LogP contribution in [-0.2, 0) is 4.79 Å². The Kier molecular flexibility index (Phi) is 3.13. The number of nitrogens with zero attached hydrogens (tertiary/aromatic N) is 3. The van der Waals surface area contributed by atoms with Crippen LogP contribution in [0.4, 0.5) is 5.13 Å². The Morgan fingerprint density at radius 2 is 2.42 bits per heavy atom. The summed E-state index contributed by atoms with van der Waals surface area (Å²) >= 11 is 1.49. The van der Waals surface area contributed by atoms with Gasteiger partial charge in [-0.2, -0.15) is 0 Å². The van der Waals surface area contributed by atoms with E-state index in [1.54, 1.807) is 17.3 Å². The second-order valence-corrected chi connectivity index (χ2v) is 5.30. The second-order valence-electron chi connectivity index (χ2n) is 4.46. The normalized spacial score (nSPS) is 18.8. The van der Waals surface area contributed by atoms with Crippen LogP contribution in [0, 0.1) is 5.92 Å². The molecule has 2 aromatic rings. The van der Waals surface area contributed by atoms with Crippen LogP contribution < -0.4 is 4.90 Å². The molecule has 1 amide bonds. The molecule has 3 heterocycles. The summed E-state index contributed by atoms with van der Waals surface area (Å²) in [5, 5.41) is 2.72. The Morgan fingerprint density at radius 1 is 1.53 bits per heavy atom. The molecule has 0 N–H and O–H groups in total. The van der Waals surface area contributed by atoms with E-state index in [2.05, 4.69) is 16.5 Å². The molecule has 1 aliphatic heterocycles. The van der Waals surface area contributed by atoms with Crippen LogP contribution in [0.2, 0.25) is 0 Å². The molecule has 0 saturated carbocycles. The van der Waals surface area contributed by atoms with E-state index in [9.17, 15) is 4.79 Å². The van der Waals surface area contributed by atoms with Crippen LogP contribution in [0.5, 0.6) is 0 Å². The van der Waals surface area contributed by atoms with Crippen LogP contribution >= 0.6 is 11.3 Å². The predicted octanol–water partition coefficient (Wildman–Crippen LogP) is 2.74. The quantitative estimate of drug-likeness (QED) is 0.806. The molecule has 0 bridgehead atoms. The number of hydrogen-bond acceptors (Lipinski definition) is 4. The topological polar surface area (TPSA) is 46.1 Å². The van der Waals surface area contributed by atoms with Crippen molar-refractivity contribution in [2.24, 2.45) is 5.92 Å². The fraction of sp³-hybridized carbons (Fsp3) is 0.214. The molecule has 1 unspecified atom stereocenters. The van der Waals surface area contributed by atoms with Gasteiger partial charge >= 0.3 is 0 Å². The van der Waals surface area contributed by atoms with E-state index in [-0.39, 0.29) is 11.8 Å². The lowest BCUT2D eigenvalue weighted by atomic mass is 10.1. The third-order valence-corrected chi connectivity index (χ3v) is 4.03. The third-order valence-electron chi connectivity index (χ3n) is 3.17. The van der Waals surface area contributed by atoms with E-state index in [0.717, 1.165) is 16.4 Å². The number of amides is 1. The highest BCUT2D eigenvalue weighted by atomic mass is 32.1. The molecule has 2 aromatic heterocycles. The van der Waals surface area contributed by atoms with Crippen LogP contribution in [0.3, 0.4) is 0 Å². The van der Waals surface area contributed by atoms with Gasteiger partial charge in [0.25, 0.3) is 0 Å². The molecular weight excluding hydrogens is 258 g/mol. The Labute approximate surface area is 115 Å². The first-order valence-corrected chi connectivity index (χ1v) is 6.94. The summed E-state index contributed by atoms with van der Waals surface area (Å²) in [4.78, 5) is 22.3. The largest absolute Gasteiger partial charge is 0.287 e. The highest BCUT2D eigenvalue weighted by Gasteiger charge is 2.30. The SMILES string of the molecule is C=CC1CC(=O)N(c2nc(-c3cccnc3)cs2)C1. The van der Waals surface area contributed by atoms with Crippen LogP contribution in [0.1, 0.15) is 6.42 Å². The third kappa shape index (κ3) is 2.29. The summed E-state index contributed by atoms with van der Waals surface area (Å²) in [6.45, 7) is 4.44. The molecule has 1 atom stereocenters. The number of carbonyl (C=O) groups excluding carboxylic acids is 1. The lowest BCUT2D eigenvalue weighted by Crippen LogP contribution is -2.24.